The molecule has 0 radical (unpaired) electrons. The molecule has 2 aromatic rings. The van der Waals surface area contributed by atoms with E-state index in [4.69, 9.17) is 51.1 Å². The van der Waals surface area contributed by atoms with Crippen LogP contribution in [0.15, 0.2) is 24.3 Å². The van der Waals surface area contributed by atoms with Crippen LogP contribution in [0.5, 0.6) is 5.88 Å². The SMILES string of the molecule is COc1cccc(Cl)n1.Clc1cc(Cl)nc(Cl)n1. The van der Waals surface area contributed by atoms with Gasteiger partial charge in [0.05, 0.1) is 7.11 Å². The van der Waals surface area contributed by atoms with E-state index in [0.29, 0.717) is 11.0 Å². The molecule has 2 aromatic heterocycles. The highest BCUT2D eigenvalue weighted by Crippen LogP contribution is 2.13. The van der Waals surface area contributed by atoms with E-state index in [0.717, 1.165) is 0 Å². The first-order chi connectivity index (χ1) is 8.51. The van der Waals surface area contributed by atoms with Gasteiger partial charge >= 0.3 is 0 Å². The van der Waals surface area contributed by atoms with Crippen molar-refractivity contribution in [1.29, 1.82) is 0 Å². The van der Waals surface area contributed by atoms with Gasteiger partial charge in [0.2, 0.25) is 11.2 Å². The first-order valence-electron chi connectivity index (χ1n) is 4.53. The lowest BCUT2D eigenvalue weighted by Gasteiger charge is -1.95. The molecule has 0 unspecified atom stereocenters. The number of nitrogens with zero attached hydrogens (tertiary/aromatic N) is 3. The Kier molecular flexibility index (Phi) is 6.43. The second kappa shape index (κ2) is 7.59. The van der Waals surface area contributed by atoms with Crippen molar-refractivity contribution in [2.45, 2.75) is 0 Å². The van der Waals surface area contributed by atoms with Crippen LogP contribution in [0.4, 0.5) is 0 Å². The first-order valence-corrected chi connectivity index (χ1v) is 6.04. The number of hydrogen-bond acceptors (Lipinski definition) is 4. The summed E-state index contributed by atoms with van der Waals surface area (Å²) in [5.74, 6) is 0.544. The predicted molar refractivity (Wildman–Crippen MR) is 72.9 cm³/mol. The minimum absolute atomic E-state index is 0.0625. The first kappa shape index (κ1) is 15.2. The van der Waals surface area contributed by atoms with Crippen molar-refractivity contribution < 1.29 is 4.74 Å². The van der Waals surface area contributed by atoms with Gasteiger partial charge in [-0.3, -0.25) is 0 Å². The Hall–Kier alpha value is -0.810. The third-order valence-corrected chi connectivity index (χ3v) is 2.30. The molecule has 0 fully saturated rings. The predicted octanol–water partition coefficient (Wildman–Crippen LogP) is 4.18. The topological polar surface area (TPSA) is 47.9 Å². The van der Waals surface area contributed by atoms with Gasteiger partial charge in [0.15, 0.2) is 0 Å². The zero-order chi connectivity index (χ0) is 13.5. The summed E-state index contributed by atoms with van der Waals surface area (Å²) in [6, 6.07) is 6.64. The molecule has 2 rings (SSSR count). The third kappa shape index (κ3) is 5.69. The molecular formula is C10H7Cl4N3O. The van der Waals surface area contributed by atoms with Crippen LogP contribution in [0.3, 0.4) is 0 Å². The fraction of sp³-hybridized carbons (Fsp3) is 0.100. The van der Waals surface area contributed by atoms with Crippen molar-refractivity contribution >= 4 is 46.4 Å². The summed E-state index contributed by atoms with van der Waals surface area (Å²) in [5.41, 5.74) is 0. The summed E-state index contributed by atoms with van der Waals surface area (Å²) in [7, 11) is 1.55. The van der Waals surface area contributed by atoms with Gasteiger partial charge in [0.1, 0.15) is 15.5 Å². The van der Waals surface area contributed by atoms with Crippen LogP contribution in [0, 0.1) is 0 Å². The van der Waals surface area contributed by atoms with Gasteiger partial charge in [-0.05, 0) is 17.7 Å². The highest BCUT2D eigenvalue weighted by molar-refractivity contribution is 6.35. The van der Waals surface area contributed by atoms with Crippen LogP contribution < -0.4 is 4.74 Å². The summed E-state index contributed by atoms with van der Waals surface area (Å²) < 4.78 is 4.80. The van der Waals surface area contributed by atoms with Crippen LogP contribution in [-0.2, 0) is 0 Å². The zero-order valence-electron chi connectivity index (χ0n) is 9.07. The van der Waals surface area contributed by atoms with Crippen LogP contribution in [0.25, 0.3) is 0 Å². The van der Waals surface area contributed by atoms with Crippen LogP contribution >= 0.6 is 46.4 Å². The molecule has 0 spiro atoms. The maximum absolute atomic E-state index is 5.53. The van der Waals surface area contributed by atoms with E-state index in [9.17, 15) is 0 Å². The molecular weight excluding hydrogens is 320 g/mol. The van der Waals surface area contributed by atoms with Gasteiger partial charge < -0.3 is 4.74 Å². The number of methoxy groups -OCH3 is 1. The average molecular weight is 327 g/mol. The molecule has 0 aromatic carbocycles. The van der Waals surface area contributed by atoms with Crippen molar-refractivity contribution in [3.63, 3.8) is 0 Å². The van der Waals surface area contributed by atoms with Gasteiger partial charge in [-0.15, -0.1) is 0 Å². The third-order valence-electron chi connectivity index (χ3n) is 1.54. The zero-order valence-corrected chi connectivity index (χ0v) is 12.1. The molecule has 0 aliphatic heterocycles. The molecule has 0 aliphatic rings. The number of hydrogen-bond donors (Lipinski definition) is 0. The Morgan fingerprint density at radius 2 is 1.50 bits per heavy atom. The van der Waals surface area contributed by atoms with E-state index >= 15 is 0 Å². The standard InChI is InChI=1S/C6H6ClNO.C4HCl3N2/c1-9-6-4-2-3-5(7)8-6;5-2-1-3(6)9-4(7)8-2/h2-4H,1H3;1H. The van der Waals surface area contributed by atoms with E-state index in [2.05, 4.69) is 15.0 Å². The number of rotatable bonds is 1. The van der Waals surface area contributed by atoms with Crippen LogP contribution in [0.2, 0.25) is 20.7 Å². The van der Waals surface area contributed by atoms with Crippen LogP contribution in [0.1, 0.15) is 0 Å². The van der Waals surface area contributed by atoms with Gasteiger partial charge in [-0.2, -0.15) is 0 Å². The normalized spacial score (nSPS) is 9.39. The fourth-order valence-electron chi connectivity index (χ4n) is 0.867. The summed E-state index contributed by atoms with van der Waals surface area (Å²) in [5, 5.41) is 1.02. The highest BCUT2D eigenvalue weighted by atomic mass is 35.5. The molecule has 0 bridgehead atoms. The molecule has 0 saturated carbocycles. The maximum atomic E-state index is 5.53. The molecule has 4 nitrogen and oxygen atoms in total. The molecule has 8 heteroatoms. The molecule has 2 heterocycles. The summed E-state index contributed by atoms with van der Waals surface area (Å²) in [4.78, 5) is 11.0. The Morgan fingerprint density at radius 3 is 1.89 bits per heavy atom. The van der Waals surface area contributed by atoms with Crippen molar-refractivity contribution in [3.05, 3.63) is 45.0 Å². The van der Waals surface area contributed by atoms with E-state index in [1.165, 1.54) is 6.07 Å². The molecule has 0 atom stereocenters. The Bertz CT molecular complexity index is 474. The monoisotopic (exact) mass is 325 g/mol. The molecule has 0 aliphatic carbocycles. The molecule has 18 heavy (non-hydrogen) atoms. The van der Waals surface area contributed by atoms with E-state index in [1.807, 2.05) is 0 Å². The Balaban J connectivity index is 0.000000180. The average Bonchev–Trinajstić information content (AvgIpc) is 2.27. The van der Waals surface area contributed by atoms with Crippen LogP contribution in [-0.4, -0.2) is 22.1 Å². The van der Waals surface area contributed by atoms with E-state index in [-0.39, 0.29) is 15.6 Å². The van der Waals surface area contributed by atoms with Gasteiger partial charge in [-0.25, -0.2) is 15.0 Å². The minimum atomic E-state index is 0.0625. The minimum Gasteiger partial charge on any atom is -0.481 e. The molecule has 96 valence electrons. The summed E-state index contributed by atoms with van der Waals surface area (Å²) in [6.45, 7) is 0. The number of pyridine rings is 1. The Labute approximate surface area is 124 Å². The fourth-order valence-corrected chi connectivity index (χ4v) is 1.71. The lowest BCUT2D eigenvalue weighted by Crippen LogP contribution is -1.85. The second-order valence-corrected chi connectivity index (χ2v) is 4.28. The maximum Gasteiger partial charge on any atom is 0.225 e. The van der Waals surface area contributed by atoms with Crippen molar-refractivity contribution in [3.8, 4) is 5.88 Å². The molecule has 0 amide bonds. The quantitative estimate of drug-likeness (QED) is 0.448. The summed E-state index contributed by atoms with van der Waals surface area (Å²) >= 11 is 21.8. The number of aromatic nitrogens is 3. The molecule has 0 saturated heterocycles. The lowest BCUT2D eigenvalue weighted by molar-refractivity contribution is 0.398. The van der Waals surface area contributed by atoms with Crippen molar-refractivity contribution in [1.82, 2.24) is 15.0 Å². The van der Waals surface area contributed by atoms with E-state index in [1.54, 1.807) is 25.3 Å². The smallest absolute Gasteiger partial charge is 0.225 e. The number of ether oxygens (including phenoxy) is 1. The van der Waals surface area contributed by atoms with E-state index < -0.39 is 0 Å². The second-order valence-electron chi connectivity index (χ2n) is 2.79. The van der Waals surface area contributed by atoms with Gasteiger partial charge in [0.25, 0.3) is 0 Å². The Morgan fingerprint density at radius 1 is 0.889 bits per heavy atom. The lowest BCUT2D eigenvalue weighted by atomic mass is 10.5. The van der Waals surface area contributed by atoms with Gasteiger partial charge in [0, 0.05) is 12.1 Å². The van der Waals surface area contributed by atoms with Gasteiger partial charge in [-0.1, -0.05) is 40.9 Å². The largest absolute Gasteiger partial charge is 0.481 e. The molecule has 0 N–H and O–H groups in total. The summed E-state index contributed by atoms with van der Waals surface area (Å²) in [6.07, 6.45) is 0. The van der Waals surface area contributed by atoms with Crippen molar-refractivity contribution in [2.75, 3.05) is 7.11 Å². The van der Waals surface area contributed by atoms with Crippen molar-refractivity contribution in [2.24, 2.45) is 0 Å². The highest BCUT2D eigenvalue weighted by Gasteiger charge is 1.95. The number of halogens is 4.